The SMILES string of the molecule is COC(=O)[C@H]1C[C@H](n2c(=O)n(S(C)(=O)=O)c3ccccc32)CCN1CC1CCCCCCC1. The summed E-state index contributed by atoms with van der Waals surface area (Å²) in [6, 6.07) is 6.23. The van der Waals surface area contributed by atoms with E-state index in [-0.39, 0.29) is 12.0 Å². The van der Waals surface area contributed by atoms with Gasteiger partial charge in [-0.25, -0.2) is 13.2 Å². The predicted octanol–water partition coefficient (Wildman–Crippen LogP) is 3.15. The lowest BCUT2D eigenvalue weighted by Crippen LogP contribution is -2.50. The topological polar surface area (TPSA) is 90.6 Å². The van der Waals surface area contributed by atoms with Crippen molar-refractivity contribution in [1.82, 2.24) is 13.4 Å². The number of aromatic nitrogens is 2. The van der Waals surface area contributed by atoms with Crippen LogP contribution in [0.5, 0.6) is 0 Å². The first-order chi connectivity index (χ1) is 15.8. The van der Waals surface area contributed by atoms with E-state index in [1.165, 1.54) is 52.1 Å². The number of methoxy groups -OCH3 is 1. The van der Waals surface area contributed by atoms with Gasteiger partial charge < -0.3 is 4.74 Å². The fraction of sp³-hybridized carbons (Fsp3) is 0.667. The number of fused-ring (bicyclic) bond motifs is 1. The number of nitrogens with zero attached hydrogens (tertiary/aromatic N) is 3. The highest BCUT2D eigenvalue weighted by Gasteiger charge is 2.37. The number of esters is 1. The Bertz CT molecular complexity index is 1140. The van der Waals surface area contributed by atoms with Crippen LogP contribution in [0, 0.1) is 5.92 Å². The molecule has 0 unspecified atom stereocenters. The highest BCUT2D eigenvalue weighted by Crippen LogP contribution is 2.32. The highest BCUT2D eigenvalue weighted by molar-refractivity contribution is 7.89. The second-order valence-corrected chi connectivity index (χ2v) is 11.4. The number of carbonyl (C=O) groups is 1. The first kappa shape index (κ1) is 24.0. The summed E-state index contributed by atoms with van der Waals surface area (Å²) < 4.78 is 32.3. The van der Waals surface area contributed by atoms with Crippen LogP contribution in [-0.4, -0.2) is 60.3 Å². The van der Waals surface area contributed by atoms with Crippen molar-refractivity contribution in [3.63, 3.8) is 0 Å². The average molecular weight is 478 g/mol. The van der Waals surface area contributed by atoms with Gasteiger partial charge in [0.05, 0.1) is 24.4 Å². The van der Waals surface area contributed by atoms with Crippen molar-refractivity contribution < 1.29 is 17.9 Å². The predicted molar refractivity (Wildman–Crippen MR) is 128 cm³/mol. The fourth-order valence-electron chi connectivity index (χ4n) is 5.70. The minimum Gasteiger partial charge on any atom is -0.468 e. The third kappa shape index (κ3) is 5.04. The number of carbonyl (C=O) groups excluding carboxylic acids is 1. The molecule has 0 amide bonds. The van der Waals surface area contributed by atoms with Crippen molar-refractivity contribution in [2.24, 2.45) is 5.92 Å². The zero-order valence-electron chi connectivity index (χ0n) is 19.6. The molecule has 0 bridgehead atoms. The second kappa shape index (κ2) is 10.0. The number of imidazole rings is 1. The van der Waals surface area contributed by atoms with Crippen LogP contribution in [0.3, 0.4) is 0 Å². The molecule has 1 aliphatic carbocycles. The lowest BCUT2D eigenvalue weighted by atomic mass is 9.88. The van der Waals surface area contributed by atoms with Gasteiger partial charge in [-0.05, 0) is 43.7 Å². The van der Waals surface area contributed by atoms with Gasteiger partial charge in [-0.1, -0.05) is 44.2 Å². The van der Waals surface area contributed by atoms with Crippen molar-refractivity contribution in [2.75, 3.05) is 26.5 Å². The van der Waals surface area contributed by atoms with E-state index in [2.05, 4.69) is 4.90 Å². The third-order valence-electron chi connectivity index (χ3n) is 7.31. The summed E-state index contributed by atoms with van der Waals surface area (Å²) in [5.74, 6) is 0.286. The minimum atomic E-state index is -3.77. The molecule has 0 N–H and O–H groups in total. The smallest absolute Gasteiger partial charge is 0.343 e. The van der Waals surface area contributed by atoms with E-state index in [1.54, 1.807) is 28.8 Å². The van der Waals surface area contributed by atoms with Crippen LogP contribution < -0.4 is 5.69 Å². The van der Waals surface area contributed by atoms with Gasteiger partial charge in [0.25, 0.3) is 0 Å². The van der Waals surface area contributed by atoms with Crippen molar-refractivity contribution in [3.8, 4) is 0 Å². The van der Waals surface area contributed by atoms with Crippen LogP contribution in [0.25, 0.3) is 11.0 Å². The van der Waals surface area contributed by atoms with E-state index in [1.807, 2.05) is 0 Å². The number of hydrogen-bond acceptors (Lipinski definition) is 6. The van der Waals surface area contributed by atoms with Crippen LogP contribution in [0.2, 0.25) is 0 Å². The Morgan fingerprint density at radius 2 is 1.67 bits per heavy atom. The van der Waals surface area contributed by atoms with Crippen LogP contribution in [0.1, 0.15) is 63.8 Å². The number of rotatable bonds is 5. The summed E-state index contributed by atoms with van der Waals surface area (Å²) in [6.07, 6.45) is 10.9. The normalized spacial score (nSPS) is 23.8. The van der Waals surface area contributed by atoms with Crippen LogP contribution in [0.4, 0.5) is 0 Å². The molecule has 2 heterocycles. The zero-order chi connectivity index (χ0) is 23.6. The summed E-state index contributed by atoms with van der Waals surface area (Å²) in [5, 5.41) is 0. The van der Waals surface area contributed by atoms with E-state index in [4.69, 9.17) is 4.74 Å². The maximum absolute atomic E-state index is 13.3. The fourth-order valence-corrected chi connectivity index (χ4v) is 6.58. The Kier molecular flexibility index (Phi) is 7.28. The number of likely N-dealkylation sites (tertiary alicyclic amines) is 1. The van der Waals surface area contributed by atoms with Crippen molar-refractivity contribution in [3.05, 3.63) is 34.7 Å². The number of para-hydroxylation sites is 2. The molecule has 1 aliphatic heterocycles. The average Bonchev–Trinajstić information content (AvgIpc) is 3.07. The van der Waals surface area contributed by atoms with Crippen LogP contribution in [0.15, 0.2) is 29.1 Å². The lowest BCUT2D eigenvalue weighted by Gasteiger charge is -2.40. The van der Waals surface area contributed by atoms with Crippen LogP contribution >= 0.6 is 0 Å². The summed E-state index contributed by atoms with van der Waals surface area (Å²) >= 11 is 0. The zero-order valence-corrected chi connectivity index (χ0v) is 20.4. The summed E-state index contributed by atoms with van der Waals surface area (Å²) in [7, 11) is -2.36. The lowest BCUT2D eigenvalue weighted by molar-refractivity contribution is -0.149. The summed E-state index contributed by atoms with van der Waals surface area (Å²) in [6.45, 7) is 1.54. The molecule has 33 heavy (non-hydrogen) atoms. The van der Waals surface area contributed by atoms with Gasteiger partial charge in [0.2, 0.25) is 10.0 Å². The molecule has 2 aliphatic rings. The molecule has 1 saturated carbocycles. The van der Waals surface area contributed by atoms with Gasteiger partial charge in [0.1, 0.15) is 6.04 Å². The van der Waals surface area contributed by atoms with Gasteiger partial charge >= 0.3 is 11.7 Å². The van der Waals surface area contributed by atoms with Crippen molar-refractivity contribution >= 4 is 27.0 Å². The van der Waals surface area contributed by atoms with E-state index in [0.29, 0.717) is 36.3 Å². The van der Waals surface area contributed by atoms with Crippen molar-refractivity contribution in [2.45, 2.75) is 69.9 Å². The van der Waals surface area contributed by atoms with Gasteiger partial charge in [0.15, 0.2) is 0 Å². The number of ether oxygens (including phenoxy) is 1. The van der Waals surface area contributed by atoms with Gasteiger partial charge in [-0.2, -0.15) is 3.97 Å². The Morgan fingerprint density at radius 1 is 1.03 bits per heavy atom. The Hall–Kier alpha value is -2.13. The molecular weight excluding hydrogens is 442 g/mol. The Labute approximate surface area is 195 Å². The minimum absolute atomic E-state index is 0.275. The monoisotopic (exact) mass is 477 g/mol. The molecule has 1 aromatic carbocycles. The second-order valence-electron chi connectivity index (χ2n) is 9.59. The molecule has 182 valence electrons. The number of hydrogen-bond donors (Lipinski definition) is 0. The first-order valence-electron chi connectivity index (χ1n) is 12.1. The molecule has 8 nitrogen and oxygen atoms in total. The Morgan fingerprint density at radius 3 is 2.30 bits per heavy atom. The number of benzene rings is 1. The molecule has 1 saturated heterocycles. The van der Waals surface area contributed by atoms with Gasteiger partial charge in [-0.15, -0.1) is 0 Å². The highest BCUT2D eigenvalue weighted by atomic mass is 32.2. The van der Waals surface area contributed by atoms with E-state index in [0.717, 1.165) is 16.8 Å². The molecule has 1 aromatic heterocycles. The van der Waals surface area contributed by atoms with Gasteiger partial charge in [0, 0.05) is 19.1 Å². The molecule has 0 radical (unpaired) electrons. The molecular formula is C24H35N3O5S. The van der Waals surface area contributed by atoms with Crippen LogP contribution in [-0.2, 0) is 19.6 Å². The molecule has 2 fully saturated rings. The molecule has 2 aromatic rings. The largest absolute Gasteiger partial charge is 0.468 e. The maximum atomic E-state index is 13.3. The van der Waals surface area contributed by atoms with E-state index < -0.39 is 21.8 Å². The van der Waals surface area contributed by atoms with Gasteiger partial charge in [-0.3, -0.25) is 14.3 Å². The molecule has 4 rings (SSSR count). The molecule has 0 spiro atoms. The Balaban J connectivity index is 1.63. The first-order valence-corrected chi connectivity index (χ1v) is 13.9. The third-order valence-corrected chi connectivity index (χ3v) is 8.33. The standard InChI is InChI=1S/C24H35N3O5S/c1-32-23(28)22-16-19(14-15-25(22)17-18-10-6-4-3-5-7-11-18)26-20-12-8-9-13-21(20)27(24(26)29)33(2,30)31/h8-9,12-13,18-19,22H,3-7,10-11,14-17H2,1-2H3/t19-,22-/m1/s1. The number of piperidine rings is 1. The van der Waals surface area contributed by atoms with E-state index >= 15 is 0 Å². The molecule has 9 heteroatoms. The quantitative estimate of drug-likeness (QED) is 0.615. The summed E-state index contributed by atoms with van der Waals surface area (Å²) in [4.78, 5) is 28.3. The van der Waals surface area contributed by atoms with Crippen molar-refractivity contribution in [1.29, 1.82) is 0 Å². The molecule has 2 atom stereocenters. The summed E-state index contributed by atoms with van der Waals surface area (Å²) in [5.41, 5.74) is 0.382. The maximum Gasteiger partial charge on any atom is 0.343 e. The van der Waals surface area contributed by atoms with E-state index in [9.17, 15) is 18.0 Å².